The van der Waals surface area contributed by atoms with Crippen molar-refractivity contribution in [2.24, 2.45) is 0 Å². The maximum atomic E-state index is 5.68. The lowest BCUT2D eigenvalue weighted by Gasteiger charge is -2.17. The van der Waals surface area contributed by atoms with Crippen LogP contribution in [0.5, 0.6) is 0 Å². The minimum Gasteiger partial charge on any atom is -0.406 e. The molecule has 1 aromatic carbocycles. The lowest BCUT2D eigenvalue weighted by molar-refractivity contribution is 0.469. The van der Waals surface area contributed by atoms with Crippen molar-refractivity contribution in [1.29, 1.82) is 0 Å². The molecule has 0 saturated heterocycles. The molecule has 102 valence electrons. The van der Waals surface area contributed by atoms with Crippen molar-refractivity contribution < 1.29 is 4.42 Å². The van der Waals surface area contributed by atoms with Crippen molar-refractivity contribution in [3.8, 4) is 0 Å². The molecule has 0 aliphatic rings. The van der Waals surface area contributed by atoms with Crippen LogP contribution in [0.25, 0.3) is 0 Å². The molecule has 5 heteroatoms. The fourth-order valence-corrected chi connectivity index (χ4v) is 1.83. The second-order valence-corrected chi connectivity index (χ2v) is 4.23. The van der Waals surface area contributed by atoms with Crippen molar-refractivity contribution in [3.63, 3.8) is 0 Å². The van der Waals surface area contributed by atoms with E-state index < -0.39 is 0 Å². The van der Waals surface area contributed by atoms with Gasteiger partial charge in [-0.1, -0.05) is 30.2 Å². The summed E-state index contributed by atoms with van der Waals surface area (Å²) in [5, 5.41) is 11.4. The first kappa shape index (κ1) is 13.5. The zero-order chi connectivity index (χ0) is 13.5. The average Bonchev–Trinajstić information content (AvgIpc) is 2.90. The Morgan fingerprint density at radius 1 is 1.16 bits per heavy atom. The Morgan fingerprint density at radius 2 is 1.95 bits per heavy atom. The fraction of sp³-hybridized carbons (Fsp3) is 0.429. The SMILES string of the molecule is CCCNCc1nnc(N(CC)c2ccccc2)o1. The van der Waals surface area contributed by atoms with E-state index in [1.165, 1.54) is 0 Å². The Balaban J connectivity index is 2.07. The summed E-state index contributed by atoms with van der Waals surface area (Å²) >= 11 is 0. The molecule has 5 nitrogen and oxygen atoms in total. The van der Waals surface area contributed by atoms with Crippen molar-refractivity contribution in [1.82, 2.24) is 15.5 Å². The topological polar surface area (TPSA) is 54.2 Å². The third-order valence-electron chi connectivity index (χ3n) is 2.77. The molecule has 1 aromatic heterocycles. The number of para-hydroxylation sites is 1. The van der Waals surface area contributed by atoms with E-state index in [0.717, 1.165) is 25.2 Å². The van der Waals surface area contributed by atoms with E-state index in [4.69, 9.17) is 4.42 Å². The number of benzene rings is 1. The monoisotopic (exact) mass is 260 g/mol. The summed E-state index contributed by atoms with van der Waals surface area (Å²) in [5.41, 5.74) is 1.06. The van der Waals surface area contributed by atoms with E-state index >= 15 is 0 Å². The van der Waals surface area contributed by atoms with Crippen LogP contribution >= 0.6 is 0 Å². The van der Waals surface area contributed by atoms with Crippen molar-refractivity contribution in [2.45, 2.75) is 26.8 Å². The number of rotatable bonds is 7. The molecular weight excluding hydrogens is 240 g/mol. The number of nitrogens with one attached hydrogen (secondary N) is 1. The number of aromatic nitrogens is 2. The fourth-order valence-electron chi connectivity index (χ4n) is 1.83. The molecule has 0 spiro atoms. The highest BCUT2D eigenvalue weighted by Gasteiger charge is 2.14. The van der Waals surface area contributed by atoms with Crippen molar-refractivity contribution in [2.75, 3.05) is 18.0 Å². The quantitative estimate of drug-likeness (QED) is 0.776. The average molecular weight is 260 g/mol. The first-order valence-electron chi connectivity index (χ1n) is 6.70. The van der Waals surface area contributed by atoms with E-state index in [1.807, 2.05) is 35.2 Å². The molecule has 1 heterocycles. The van der Waals surface area contributed by atoms with E-state index in [-0.39, 0.29) is 0 Å². The molecule has 0 fully saturated rings. The van der Waals surface area contributed by atoms with Crippen molar-refractivity contribution in [3.05, 3.63) is 36.2 Å². The van der Waals surface area contributed by atoms with Crippen LogP contribution in [0.15, 0.2) is 34.7 Å². The Labute approximate surface area is 113 Å². The van der Waals surface area contributed by atoms with Gasteiger partial charge in [0.2, 0.25) is 5.89 Å². The summed E-state index contributed by atoms with van der Waals surface area (Å²) in [5.74, 6) is 0.623. The standard InChI is InChI=1S/C14H20N4O/c1-3-10-15-11-13-16-17-14(19-13)18(4-2)12-8-6-5-7-9-12/h5-9,15H,3-4,10-11H2,1-2H3. The second kappa shape index (κ2) is 6.89. The lowest BCUT2D eigenvalue weighted by Crippen LogP contribution is -2.16. The van der Waals surface area contributed by atoms with E-state index in [9.17, 15) is 0 Å². The maximum absolute atomic E-state index is 5.68. The first-order chi connectivity index (χ1) is 9.35. The molecule has 0 radical (unpaired) electrons. The summed E-state index contributed by atoms with van der Waals surface area (Å²) in [6.07, 6.45) is 1.09. The summed E-state index contributed by atoms with van der Waals surface area (Å²) in [4.78, 5) is 2.00. The highest BCUT2D eigenvalue weighted by molar-refractivity contribution is 5.55. The van der Waals surface area contributed by atoms with Gasteiger partial charge < -0.3 is 9.73 Å². The Bertz CT molecular complexity index is 483. The zero-order valence-electron chi connectivity index (χ0n) is 11.5. The van der Waals surface area contributed by atoms with Gasteiger partial charge in [0.05, 0.1) is 6.54 Å². The molecule has 0 unspecified atom stereocenters. The van der Waals surface area contributed by atoms with Crippen molar-refractivity contribution >= 4 is 11.7 Å². The predicted octanol–water partition coefficient (Wildman–Crippen LogP) is 2.73. The van der Waals surface area contributed by atoms with Gasteiger partial charge in [0.15, 0.2) is 0 Å². The van der Waals surface area contributed by atoms with E-state index in [2.05, 4.69) is 29.4 Å². The van der Waals surface area contributed by atoms with Crippen LogP contribution in [0, 0.1) is 0 Å². The second-order valence-electron chi connectivity index (χ2n) is 4.23. The Hall–Kier alpha value is -1.88. The molecule has 0 atom stereocenters. The zero-order valence-corrected chi connectivity index (χ0v) is 11.5. The largest absolute Gasteiger partial charge is 0.406 e. The highest BCUT2D eigenvalue weighted by atomic mass is 16.4. The van der Waals surface area contributed by atoms with Crippen LogP contribution in [0.3, 0.4) is 0 Å². The van der Waals surface area contributed by atoms with Crippen LogP contribution in [-0.4, -0.2) is 23.3 Å². The van der Waals surface area contributed by atoms with E-state index in [0.29, 0.717) is 18.5 Å². The molecule has 2 rings (SSSR count). The predicted molar refractivity (Wildman–Crippen MR) is 75.4 cm³/mol. The molecule has 2 aromatic rings. The van der Waals surface area contributed by atoms with Gasteiger partial charge in [-0.2, -0.15) is 0 Å². The normalized spacial score (nSPS) is 10.6. The number of hydrogen-bond acceptors (Lipinski definition) is 5. The number of nitrogens with zero attached hydrogens (tertiary/aromatic N) is 3. The summed E-state index contributed by atoms with van der Waals surface area (Å²) in [7, 11) is 0. The summed E-state index contributed by atoms with van der Waals surface area (Å²) < 4.78 is 5.68. The number of hydrogen-bond donors (Lipinski definition) is 1. The van der Waals surface area contributed by atoms with Gasteiger partial charge in [-0.15, -0.1) is 5.10 Å². The van der Waals surface area contributed by atoms with Gasteiger partial charge in [-0.25, -0.2) is 0 Å². The minimum absolute atomic E-state index is 0.544. The minimum atomic E-state index is 0.544. The smallest absolute Gasteiger partial charge is 0.322 e. The third kappa shape index (κ3) is 3.54. The molecule has 0 aliphatic carbocycles. The Morgan fingerprint density at radius 3 is 2.63 bits per heavy atom. The first-order valence-corrected chi connectivity index (χ1v) is 6.70. The molecule has 1 N–H and O–H groups in total. The third-order valence-corrected chi connectivity index (χ3v) is 2.77. The number of anilines is 2. The van der Waals surface area contributed by atoms with Gasteiger partial charge >= 0.3 is 6.01 Å². The lowest BCUT2D eigenvalue weighted by atomic mass is 10.3. The van der Waals surface area contributed by atoms with Gasteiger partial charge in [0.25, 0.3) is 0 Å². The molecule has 0 bridgehead atoms. The van der Waals surface area contributed by atoms with Crippen LogP contribution in [-0.2, 0) is 6.54 Å². The van der Waals surface area contributed by atoms with Crippen LogP contribution in [0.1, 0.15) is 26.2 Å². The van der Waals surface area contributed by atoms with Crippen LogP contribution in [0.4, 0.5) is 11.7 Å². The van der Waals surface area contributed by atoms with Gasteiger partial charge in [-0.3, -0.25) is 4.90 Å². The molecular formula is C14H20N4O. The van der Waals surface area contributed by atoms with Gasteiger partial charge in [0.1, 0.15) is 0 Å². The molecule has 0 amide bonds. The molecule has 0 saturated carbocycles. The maximum Gasteiger partial charge on any atom is 0.322 e. The van der Waals surface area contributed by atoms with Crippen LogP contribution < -0.4 is 10.2 Å². The van der Waals surface area contributed by atoms with E-state index in [1.54, 1.807) is 0 Å². The Kier molecular flexibility index (Phi) is 4.92. The highest BCUT2D eigenvalue weighted by Crippen LogP contribution is 2.23. The summed E-state index contributed by atoms with van der Waals surface area (Å²) in [6, 6.07) is 10.6. The van der Waals surface area contributed by atoms with Gasteiger partial charge in [-0.05, 0) is 32.0 Å². The van der Waals surface area contributed by atoms with Gasteiger partial charge in [0, 0.05) is 12.2 Å². The summed E-state index contributed by atoms with van der Waals surface area (Å²) in [6.45, 7) is 6.54. The molecule has 0 aliphatic heterocycles. The molecule has 19 heavy (non-hydrogen) atoms. The van der Waals surface area contributed by atoms with Crippen LogP contribution in [0.2, 0.25) is 0 Å².